The number of nitrogens with one attached hydrogen (secondary N) is 1. The highest BCUT2D eigenvalue weighted by Gasteiger charge is 2.32. The number of rotatable bonds is 2. The molecular formula is C13H22N4O2. The molecule has 1 aliphatic rings. The second-order valence-electron chi connectivity index (χ2n) is 5.56. The van der Waals surface area contributed by atoms with Gasteiger partial charge in [-0.3, -0.25) is 4.57 Å². The maximum atomic E-state index is 12.4. The molecule has 1 aromatic rings. The molecule has 2 unspecified atom stereocenters. The minimum absolute atomic E-state index is 0.0432. The first-order chi connectivity index (χ1) is 8.97. The first-order valence-electron chi connectivity index (χ1n) is 6.84. The molecule has 0 bridgehead atoms. The molecule has 0 amide bonds. The highest BCUT2D eigenvalue weighted by Crippen LogP contribution is 2.36. The van der Waals surface area contributed by atoms with Gasteiger partial charge in [0.25, 0.3) is 0 Å². The second-order valence-corrected chi connectivity index (χ2v) is 5.56. The van der Waals surface area contributed by atoms with E-state index in [0.717, 1.165) is 19.3 Å². The molecule has 0 saturated heterocycles. The largest absolute Gasteiger partial charge is 0.358 e. The van der Waals surface area contributed by atoms with Gasteiger partial charge in [0.15, 0.2) is 0 Å². The van der Waals surface area contributed by atoms with Gasteiger partial charge >= 0.3 is 11.4 Å². The van der Waals surface area contributed by atoms with Crippen LogP contribution in [0.2, 0.25) is 0 Å². The topological polar surface area (TPSA) is 68.9 Å². The summed E-state index contributed by atoms with van der Waals surface area (Å²) in [5.74, 6) is 0.968. The number of hydrogen-bond acceptors (Lipinski definition) is 4. The van der Waals surface area contributed by atoms with E-state index in [0.29, 0.717) is 17.8 Å². The van der Waals surface area contributed by atoms with Crippen LogP contribution < -0.4 is 16.7 Å². The fourth-order valence-corrected chi connectivity index (χ4v) is 3.21. The molecule has 0 radical (unpaired) electrons. The van der Waals surface area contributed by atoms with Gasteiger partial charge in [0.1, 0.15) is 0 Å². The van der Waals surface area contributed by atoms with Gasteiger partial charge in [-0.05, 0) is 24.7 Å². The Morgan fingerprint density at radius 2 is 1.79 bits per heavy atom. The van der Waals surface area contributed by atoms with E-state index in [-0.39, 0.29) is 11.7 Å². The predicted octanol–water partition coefficient (Wildman–Crippen LogP) is 0.981. The number of anilines is 1. The first kappa shape index (κ1) is 13.8. The average molecular weight is 266 g/mol. The summed E-state index contributed by atoms with van der Waals surface area (Å²) in [7, 11) is 3.28. The molecule has 0 aliphatic heterocycles. The summed E-state index contributed by atoms with van der Waals surface area (Å²) in [6, 6.07) is -0.0432. The van der Waals surface area contributed by atoms with Crippen molar-refractivity contribution >= 4 is 5.95 Å². The summed E-state index contributed by atoms with van der Waals surface area (Å²) in [5, 5.41) is 2.77. The molecular weight excluding hydrogens is 244 g/mol. The van der Waals surface area contributed by atoms with Gasteiger partial charge in [0.2, 0.25) is 5.95 Å². The third-order valence-corrected chi connectivity index (χ3v) is 4.23. The third kappa shape index (κ3) is 2.31. The van der Waals surface area contributed by atoms with Crippen LogP contribution in [0.4, 0.5) is 5.95 Å². The van der Waals surface area contributed by atoms with Crippen molar-refractivity contribution in [1.29, 1.82) is 0 Å². The van der Waals surface area contributed by atoms with Crippen LogP contribution in [0, 0.1) is 11.8 Å². The Hall–Kier alpha value is -1.59. The van der Waals surface area contributed by atoms with E-state index < -0.39 is 5.69 Å². The summed E-state index contributed by atoms with van der Waals surface area (Å²) >= 11 is 0. The minimum Gasteiger partial charge on any atom is -0.358 e. The van der Waals surface area contributed by atoms with Gasteiger partial charge in [0, 0.05) is 20.1 Å². The normalized spacial score (nSPS) is 27.3. The van der Waals surface area contributed by atoms with Gasteiger partial charge in [-0.1, -0.05) is 20.3 Å². The fourth-order valence-electron chi connectivity index (χ4n) is 3.21. The van der Waals surface area contributed by atoms with E-state index in [4.69, 9.17) is 0 Å². The molecule has 0 spiro atoms. The van der Waals surface area contributed by atoms with Gasteiger partial charge in [-0.25, -0.2) is 14.2 Å². The van der Waals surface area contributed by atoms with Gasteiger partial charge in [-0.2, -0.15) is 4.98 Å². The Bertz CT molecular complexity index is 565. The molecule has 2 atom stereocenters. The Morgan fingerprint density at radius 1 is 1.21 bits per heavy atom. The lowest BCUT2D eigenvalue weighted by Crippen LogP contribution is -2.47. The van der Waals surface area contributed by atoms with Crippen molar-refractivity contribution in [3.63, 3.8) is 0 Å². The number of nitrogens with zero attached hydrogens (tertiary/aromatic N) is 3. The monoisotopic (exact) mass is 266 g/mol. The standard InChI is InChI=1S/C13H22N4O2/c1-8-6-5-7-9(2)10(8)17-12(18)15-11(14-3)16(4)13(17)19/h8-10H,5-7H2,1-4H3,(H,14,15,18). The Kier molecular flexibility index (Phi) is 3.78. The van der Waals surface area contributed by atoms with Crippen molar-refractivity contribution in [2.45, 2.75) is 39.2 Å². The van der Waals surface area contributed by atoms with Crippen LogP contribution in [0.15, 0.2) is 9.59 Å². The van der Waals surface area contributed by atoms with E-state index in [1.54, 1.807) is 14.1 Å². The molecule has 1 N–H and O–H groups in total. The molecule has 6 nitrogen and oxygen atoms in total. The van der Waals surface area contributed by atoms with Gasteiger partial charge in [0.05, 0.1) is 0 Å². The van der Waals surface area contributed by atoms with Crippen molar-refractivity contribution in [1.82, 2.24) is 14.1 Å². The van der Waals surface area contributed by atoms with Crippen LogP contribution in [-0.2, 0) is 7.05 Å². The molecule has 1 saturated carbocycles. The quantitative estimate of drug-likeness (QED) is 0.866. The van der Waals surface area contributed by atoms with Gasteiger partial charge < -0.3 is 5.32 Å². The number of hydrogen-bond donors (Lipinski definition) is 1. The zero-order chi connectivity index (χ0) is 14.2. The summed E-state index contributed by atoms with van der Waals surface area (Å²) in [4.78, 5) is 28.5. The van der Waals surface area contributed by atoms with E-state index >= 15 is 0 Å². The predicted molar refractivity (Wildman–Crippen MR) is 74.5 cm³/mol. The molecule has 1 heterocycles. The fraction of sp³-hybridized carbons (Fsp3) is 0.769. The van der Waals surface area contributed by atoms with Crippen molar-refractivity contribution in [3.8, 4) is 0 Å². The van der Waals surface area contributed by atoms with E-state index in [1.165, 1.54) is 9.13 Å². The average Bonchev–Trinajstić information content (AvgIpc) is 2.37. The summed E-state index contributed by atoms with van der Waals surface area (Å²) < 4.78 is 2.74. The molecule has 106 valence electrons. The smallest absolute Gasteiger partial charge is 0.355 e. The van der Waals surface area contributed by atoms with Crippen LogP contribution in [0.5, 0.6) is 0 Å². The SMILES string of the molecule is CNc1nc(=O)n(C2C(C)CCCC2C)c(=O)n1C. The van der Waals surface area contributed by atoms with Crippen LogP contribution in [0.25, 0.3) is 0 Å². The lowest BCUT2D eigenvalue weighted by molar-refractivity contribution is 0.171. The maximum absolute atomic E-state index is 12.4. The van der Waals surface area contributed by atoms with E-state index in [1.807, 2.05) is 0 Å². The maximum Gasteiger partial charge on any atom is 0.355 e. The van der Waals surface area contributed by atoms with Crippen LogP contribution >= 0.6 is 0 Å². The minimum atomic E-state index is -0.446. The second kappa shape index (κ2) is 5.19. The Labute approximate surface area is 112 Å². The van der Waals surface area contributed by atoms with Crippen molar-refractivity contribution in [2.75, 3.05) is 12.4 Å². The molecule has 19 heavy (non-hydrogen) atoms. The van der Waals surface area contributed by atoms with Crippen molar-refractivity contribution in [2.24, 2.45) is 18.9 Å². The lowest BCUT2D eigenvalue weighted by Gasteiger charge is -2.35. The highest BCUT2D eigenvalue weighted by atomic mass is 16.2. The zero-order valence-corrected chi connectivity index (χ0v) is 12.0. The van der Waals surface area contributed by atoms with Crippen molar-refractivity contribution in [3.05, 3.63) is 21.0 Å². The van der Waals surface area contributed by atoms with E-state index in [2.05, 4.69) is 24.1 Å². The molecule has 0 aromatic carbocycles. The van der Waals surface area contributed by atoms with Crippen LogP contribution in [0.1, 0.15) is 39.2 Å². The Morgan fingerprint density at radius 3 is 2.32 bits per heavy atom. The summed E-state index contributed by atoms with van der Waals surface area (Å²) in [6.45, 7) is 4.22. The van der Waals surface area contributed by atoms with Crippen LogP contribution in [-0.4, -0.2) is 21.2 Å². The first-order valence-corrected chi connectivity index (χ1v) is 6.84. The zero-order valence-electron chi connectivity index (χ0n) is 12.0. The highest BCUT2D eigenvalue weighted by molar-refractivity contribution is 5.21. The molecule has 1 aliphatic carbocycles. The van der Waals surface area contributed by atoms with Crippen LogP contribution in [0.3, 0.4) is 0 Å². The molecule has 2 rings (SSSR count). The molecule has 1 fully saturated rings. The molecule has 6 heteroatoms. The number of aromatic nitrogens is 3. The van der Waals surface area contributed by atoms with Crippen molar-refractivity contribution < 1.29 is 0 Å². The molecule has 1 aromatic heterocycles. The Balaban J connectivity index is 2.59. The van der Waals surface area contributed by atoms with Gasteiger partial charge in [-0.15, -0.1) is 0 Å². The summed E-state index contributed by atoms with van der Waals surface area (Å²) in [6.07, 6.45) is 3.27. The third-order valence-electron chi connectivity index (χ3n) is 4.23. The van der Waals surface area contributed by atoms with E-state index in [9.17, 15) is 9.59 Å². The lowest BCUT2D eigenvalue weighted by atomic mass is 9.78. The summed E-state index contributed by atoms with van der Waals surface area (Å²) in [5.41, 5.74) is -0.729.